The lowest BCUT2D eigenvalue weighted by atomic mass is 10.1. The molecule has 0 aliphatic heterocycles. The Morgan fingerprint density at radius 3 is 2.68 bits per heavy atom. The van der Waals surface area contributed by atoms with E-state index >= 15 is 0 Å². The van der Waals surface area contributed by atoms with Crippen molar-refractivity contribution in [2.75, 3.05) is 7.11 Å². The number of aromatic nitrogens is 2. The predicted octanol–water partition coefficient (Wildman–Crippen LogP) is 2.60. The van der Waals surface area contributed by atoms with Crippen LogP contribution in [-0.2, 0) is 6.54 Å². The number of halogens is 1. The maximum absolute atomic E-state index is 13.3. The van der Waals surface area contributed by atoms with Gasteiger partial charge >= 0.3 is 0 Å². The number of benzene rings is 1. The van der Waals surface area contributed by atoms with Gasteiger partial charge in [0.15, 0.2) is 0 Å². The molecule has 0 aliphatic rings. The summed E-state index contributed by atoms with van der Waals surface area (Å²) < 4.78 is 20.3. The first-order valence-electron chi connectivity index (χ1n) is 6.20. The van der Waals surface area contributed by atoms with Gasteiger partial charge in [-0.3, -0.25) is 0 Å². The number of methoxy groups -OCH3 is 1. The number of ether oxygens (including phenoxy) is 1. The summed E-state index contributed by atoms with van der Waals surface area (Å²) in [4.78, 5) is 0. The monoisotopic (exact) mass is 263 g/mol. The van der Waals surface area contributed by atoms with Crippen LogP contribution in [0.1, 0.15) is 31.0 Å². The van der Waals surface area contributed by atoms with Crippen molar-refractivity contribution in [2.24, 2.45) is 5.73 Å². The van der Waals surface area contributed by atoms with Crippen molar-refractivity contribution in [3.63, 3.8) is 0 Å². The fourth-order valence-electron chi connectivity index (χ4n) is 2.10. The van der Waals surface area contributed by atoms with Gasteiger partial charge in [-0.2, -0.15) is 5.10 Å². The lowest BCUT2D eigenvalue weighted by Gasteiger charge is -2.07. The Labute approximate surface area is 112 Å². The fraction of sp³-hybridized carbons (Fsp3) is 0.357. The smallest absolute Gasteiger partial charge is 0.221 e. The molecule has 0 saturated carbocycles. The zero-order chi connectivity index (χ0) is 14.0. The first-order valence-corrected chi connectivity index (χ1v) is 6.20. The Bertz CT molecular complexity index is 578. The van der Waals surface area contributed by atoms with Crippen LogP contribution in [0, 0.1) is 5.82 Å². The third kappa shape index (κ3) is 2.46. The molecule has 0 saturated heterocycles. The van der Waals surface area contributed by atoms with Gasteiger partial charge < -0.3 is 10.5 Å². The van der Waals surface area contributed by atoms with E-state index in [2.05, 4.69) is 5.10 Å². The molecule has 0 spiro atoms. The minimum absolute atomic E-state index is 0.224. The normalized spacial score (nSPS) is 11.1. The van der Waals surface area contributed by atoms with E-state index in [0.717, 1.165) is 11.3 Å². The molecule has 0 amide bonds. The summed E-state index contributed by atoms with van der Waals surface area (Å²) in [5, 5.41) is 4.51. The third-order valence-electron chi connectivity index (χ3n) is 2.96. The summed E-state index contributed by atoms with van der Waals surface area (Å²) in [6.07, 6.45) is 0. The number of hydrogen-bond donors (Lipinski definition) is 1. The van der Waals surface area contributed by atoms with Crippen molar-refractivity contribution in [1.29, 1.82) is 0 Å². The molecule has 102 valence electrons. The van der Waals surface area contributed by atoms with E-state index < -0.39 is 0 Å². The predicted molar refractivity (Wildman–Crippen MR) is 72.1 cm³/mol. The molecule has 1 aromatic carbocycles. The fourth-order valence-corrected chi connectivity index (χ4v) is 2.10. The third-order valence-corrected chi connectivity index (χ3v) is 2.96. The Balaban J connectivity index is 2.63. The Morgan fingerprint density at radius 1 is 1.42 bits per heavy atom. The topological polar surface area (TPSA) is 53.1 Å². The molecular formula is C14H18FN3O. The second-order valence-electron chi connectivity index (χ2n) is 4.62. The zero-order valence-corrected chi connectivity index (χ0v) is 11.4. The van der Waals surface area contributed by atoms with Crippen LogP contribution < -0.4 is 10.5 Å². The summed E-state index contributed by atoms with van der Waals surface area (Å²) in [5.74, 6) is 0.481. The molecular weight excluding hydrogens is 245 g/mol. The molecule has 2 N–H and O–H groups in total. The van der Waals surface area contributed by atoms with Crippen LogP contribution in [-0.4, -0.2) is 16.9 Å². The largest absolute Gasteiger partial charge is 0.481 e. The summed E-state index contributed by atoms with van der Waals surface area (Å²) in [6, 6.07) is 6.23. The molecule has 4 nitrogen and oxygen atoms in total. The number of nitrogens with zero attached hydrogens (tertiary/aromatic N) is 2. The van der Waals surface area contributed by atoms with E-state index in [9.17, 15) is 4.39 Å². The van der Waals surface area contributed by atoms with Crippen LogP contribution in [0.5, 0.6) is 5.88 Å². The molecule has 0 aliphatic carbocycles. The Kier molecular flexibility index (Phi) is 3.85. The molecule has 5 heteroatoms. The maximum atomic E-state index is 13.3. The highest BCUT2D eigenvalue weighted by molar-refractivity contribution is 5.42. The quantitative estimate of drug-likeness (QED) is 0.922. The van der Waals surface area contributed by atoms with Gasteiger partial charge in [-0.05, 0) is 24.1 Å². The van der Waals surface area contributed by atoms with Crippen LogP contribution >= 0.6 is 0 Å². The van der Waals surface area contributed by atoms with Gasteiger partial charge in [0.1, 0.15) is 5.82 Å². The average molecular weight is 263 g/mol. The van der Waals surface area contributed by atoms with Gasteiger partial charge in [-0.15, -0.1) is 0 Å². The Hall–Kier alpha value is -1.88. The summed E-state index contributed by atoms with van der Waals surface area (Å²) in [6.45, 7) is 4.42. The van der Waals surface area contributed by atoms with Crippen molar-refractivity contribution in [3.8, 4) is 11.6 Å². The average Bonchev–Trinajstić information content (AvgIpc) is 2.77. The van der Waals surface area contributed by atoms with Gasteiger partial charge in [0.2, 0.25) is 5.88 Å². The van der Waals surface area contributed by atoms with Gasteiger partial charge in [0.05, 0.1) is 24.1 Å². The molecule has 2 aromatic rings. The number of rotatable bonds is 4. The van der Waals surface area contributed by atoms with Crippen molar-refractivity contribution in [2.45, 2.75) is 26.3 Å². The van der Waals surface area contributed by atoms with E-state index in [1.807, 2.05) is 13.8 Å². The SMILES string of the molecule is COc1c(CN)c(C(C)C)nn1-c1cccc(F)c1. The van der Waals surface area contributed by atoms with Gasteiger partial charge in [0.25, 0.3) is 0 Å². The van der Waals surface area contributed by atoms with Crippen LogP contribution in [0.25, 0.3) is 5.69 Å². The van der Waals surface area contributed by atoms with Gasteiger partial charge in [-0.1, -0.05) is 19.9 Å². The molecule has 0 unspecified atom stereocenters. The van der Waals surface area contributed by atoms with Crippen molar-refractivity contribution in [1.82, 2.24) is 9.78 Å². The maximum Gasteiger partial charge on any atom is 0.221 e. The molecule has 0 bridgehead atoms. The number of hydrogen-bond acceptors (Lipinski definition) is 3. The van der Waals surface area contributed by atoms with Crippen LogP contribution in [0.4, 0.5) is 4.39 Å². The molecule has 0 radical (unpaired) electrons. The molecule has 0 fully saturated rings. The highest BCUT2D eigenvalue weighted by Crippen LogP contribution is 2.29. The molecule has 0 atom stereocenters. The second-order valence-corrected chi connectivity index (χ2v) is 4.62. The lowest BCUT2D eigenvalue weighted by molar-refractivity contribution is 0.379. The van der Waals surface area contributed by atoms with Crippen LogP contribution in [0.15, 0.2) is 24.3 Å². The van der Waals surface area contributed by atoms with E-state index in [1.54, 1.807) is 23.9 Å². The first-order chi connectivity index (χ1) is 9.08. The summed E-state index contributed by atoms with van der Waals surface area (Å²) >= 11 is 0. The molecule has 2 rings (SSSR count). The van der Waals surface area contributed by atoms with E-state index in [0.29, 0.717) is 18.1 Å². The van der Waals surface area contributed by atoms with Crippen LogP contribution in [0.2, 0.25) is 0 Å². The van der Waals surface area contributed by atoms with Crippen molar-refractivity contribution in [3.05, 3.63) is 41.3 Å². The lowest BCUT2D eigenvalue weighted by Crippen LogP contribution is -2.03. The summed E-state index contributed by atoms with van der Waals surface area (Å²) in [7, 11) is 1.57. The standard InChI is InChI=1S/C14H18FN3O/c1-9(2)13-12(8-16)14(19-3)18(17-13)11-6-4-5-10(15)7-11/h4-7,9H,8,16H2,1-3H3. The van der Waals surface area contributed by atoms with Gasteiger partial charge in [-0.25, -0.2) is 9.07 Å². The first kappa shape index (κ1) is 13.5. The van der Waals surface area contributed by atoms with E-state index in [4.69, 9.17) is 10.5 Å². The number of nitrogens with two attached hydrogens (primary N) is 1. The van der Waals surface area contributed by atoms with E-state index in [1.165, 1.54) is 12.1 Å². The minimum atomic E-state index is -0.310. The second kappa shape index (κ2) is 5.40. The highest BCUT2D eigenvalue weighted by Gasteiger charge is 2.20. The van der Waals surface area contributed by atoms with Crippen molar-refractivity contribution < 1.29 is 9.13 Å². The van der Waals surface area contributed by atoms with E-state index in [-0.39, 0.29) is 11.7 Å². The zero-order valence-electron chi connectivity index (χ0n) is 11.4. The van der Waals surface area contributed by atoms with Crippen LogP contribution in [0.3, 0.4) is 0 Å². The highest BCUT2D eigenvalue weighted by atomic mass is 19.1. The molecule has 1 aromatic heterocycles. The minimum Gasteiger partial charge on any atom is -0.481 e. The molecule has 1 heterocycles. The molecule has 19 heavy (non-hydrogen) atoms. The summed E-state index contributed by atoms with van der Waals surface area (Å²) in [5.41, 5.74) is 8.14. The Morgan fingerprint density at radius 2 is 2.16 bits per heavy atom. The van der Waals surface area contributed by atoms with Gasteiger partial charge in [0, 0.05) is 6.54 Å². The van der Waals surface area contributed by atoms with Crippen molar-refractivity contribution >= 4 is 0 Å².